The third kappa shape index (κ3) is 6.60. The van der Waals surface area contributed by atoms with E-state index in [9.17, 15) is 24.6 Å². The zero-order valence-corrected chi connectivity index (χ0v) is 19.8. The van der Waals surface area contributed by atoms with Crippen LogP contribution in [0.15, 0.2) is 54.7 Å². The summed E-state index contributed by atoms with van der Waals surface area (Å²) in [4.78, 5) is 41.1. The van der Waals surface area contributed by atoms with Crippen LogP contribution in [0.3, 0.4) is 0 Å². The third-order valence-electron chi connectivity index (χ3n) is 6.28. The fourth-order valence-corrected chi connectivity index (χ4v) is 3.85. The van der Waals surface area contributed by atoms with Crippen LogP contribution < -0.4 is 16.4 Å². The number of carboxylic acid groups (broad SMARTS) is 1. The molecule has 0 aliphatic heterocycles. The van der Waals surface area contributed by atoms with Crippen LogP contribution >= 0.6 is 0 Å². The Morgan fingerprint density at radius 3 is 2.29 bits per heavy atom. The number of fused-ring (bicyclic) bond motifs is 1. The number of hydrogen-bond donors (Lipinski definition) is 6. The number of aromatic hydroxyl groups is 1. The maximum absolute atomic E-state index is 13.2. The smallest absolute Gasteiger partial charge is 0.326 e. The Balaban J connectivity index is 1.80. The second-order valence-corrected chi connectivity index (χ2v) is 8.81. The Hall–Kier alpha value is -3.85. The summed E-state index contributed by atoms with van der Waals surface area (Å²) in [5.74, 6) is -2.32. The van der Waals surface area contributed by atoms with Gasteiger partial charge >= 0.3 is 5.97 Å². The van der Waals surface area contributed by atoms with Crippen molar-refractivity contribution in [3.8, 4) is 5.75 Å². The van der Waals surface area contributed by atoms with Crippen molar-refractivity contribution in [2.45, 2.75) is 51.2 Å². The molecule has 0 radical (unpaired) electrons. The van der Waals surface area contributed by atoms with E-state index in [0.717, 1.165) is 16.5 Å². The monoisotopic (exact) mass is 480 g/mol. The fraction of sp³-hybridized carbons (Fsp3) is 0.346. The number of hydrogen-bond acceptors (Lipinski definition) is 5. The van der Waals surface area contributed by atoms with Crippen LogP contribution in [0.4, 0.5) is 0 Å². The summed E-state index contributed by atoms with van der Waals surface area (Å²) in [5, 5.41) is 25.5. The van der Waals surface area contributed by atoms with Gasteiger partial charge in [-0.3, -0.25) is 9.59 Å². The van der Waals surface area contributed by atoms with E-state index in [1.807, 2.05) is 38.1 Å². The van der Waals surface area contributed by atoms with Gasteiger partial charge in [0.05, 0.1) is 6.04 Å². The van der Waals surface area contributed by atoms with Gasteiger partial charge in [-0.25, -0.2) is 4.79 Å². The molecule has 35 heavy (non-hydrogen) atoms. The van der Waals surface area contributed by atoms with Crippen LogP contribution in [0.1, 0.15) is 31.4 Å². The highest BCUT2D eigenvalue weighted by atomic mass is 16.4. The van der Waals surface area contributed by atoms with Crippen LogP contribution in [0.5, 0.6) is 5.75 Å². The fourth-order valence-electron chi connectivity index (χ4n) is 3.85. The molecule has 2 amide bonds. The minimum atomic E-state index is -1.20. The molecule has 3 rings (SSSR count). The maximum atomic E-state index is 13.2. The summed E-state index contributed by atoms with van der Waals surface area (Å²) < 4.78 is 0. The largest absolute Gasteiger partial charge is 0.508 e. The maximum Gasteiger partial charge on any atom is 0.326 e. The second kappa shape index (κ2) is 11.5. The molecule has 0 saturated heterocycles. The highest BCUT2D eigenvalue weighted by Crippen LogP contribution is 2.19. The molecular weight excluding hydrogens is 448 g/mol. The summed E-state index contributed by atoms with van der Waals surface area (Å²) >= 11 is 0. The second-order valence-electron chi connectivity index (χ2n) is 8.81. The van der Waals surface area contributed by atoms with Crippen molar-refractivity contribution in [2.75, 3.05) is 0 Å². The number of nitrogens with two attached hydrogens (primary N) is 1. The number of carbonyl (C=O) groups excluding carboxylic acids is 2. The van der Waals surface area contributed by atoms with Crippen molar-refractivity contribution in [1.29, 1.82) is 0 Å². The molecule has 9 nitrogen and oxygen atoms in total. The molecular formula is C26H32N4O5. The summed E-state index contributed by atoms with van der Waals surface area (Å²) in [7, 11) is 0. The molecule has 3 aromatic rings. The lowest BCUT2D eigenvalue weighted by molar-refractivity contribution is -0.142. The Labute approximate surface area is 203 Å². The predicted octanol–water partition coefficient (Wildman–Crippen LogP) is 2.09. The normalized spacial score (nSPS) is 14.6. The van der Waals surface area contributed by atoms with Crippen molar-refractivity contribution in [3.63, 3.8) is 0 Å². The summed E-state index contributed by atoms with van der Waals surface area (Å²) in [6, 6.07) is 10.7. The summed E-state index contributed by atoms with van der Waals surface area (Å²) in [6.45, 7) is 3.77. The van der Waals surface area contributed by atoms with Gasteiger partial charge in [-0.2, -0.15) is 0 Å². The minimum Gasteiger partial charge on any atom is -0.508 e. The van der Waals surface area contributed by atoms with Gasteiger partial charge in [-0.05, 0) is 35.2 Å². The van der Waals surface area contributed by atoms with Crippen molar-refractivity contribution >= 4 is 28.7 Å². The average Bonchev–Trinajstić information content (AvgIpc) is 3.26. The molecule has 0 aliphatic rings. The van der Waals surface area contributed by atoms with Gasteiger partial charge in [0, 0.05) is 29.9 Å². The highest BCUT2D eigenvalue weighted by Gasteiger charge is 2.30. The highest BCUT2D eigenvalue weighted by molar-refractivity contribution is 5.92. The lowest BCUT2D eigenvalue weighted by atomic mass is 9.98. The number of phenols is 1. The Kier molecular flexibility index (Phi) is 8.48. The number of H-pyrrole nitrogens is 1. The first-order valence-electron chi connectivity index (χ1n) is 11.6. The van der Waals surface area contributed by atoms with Gasteiger partial charge in [-0.15, -0.1) is 0 Å². The molecule has 4 atom stereocenters. The minimum absolute atomic E-state index is 0.0668. The first-order valence-corrected chi connectivity index (χ1v) is 11.6. The number of aliphatic carboxylic acids is 1. The lowest BCUT2D eigenvalue weighted by Crippen LogP contribution is -2.56. The number of rotatable bonds is 11. The van der Waals surface area contributed by atoms with Crippen LogP contribution in [0.25, 0.3) is 10.9 Å². The Morgan fingerprint density at radius 2 is 1.63 bits per heavy atom. The van der Waals surface area contributed by atoms with Crippen LogP contribution in [-0.4, -0.2) is 51.1 Å². The molecule has 1 aromatic heterocycles. The molecule has 7 N–H and O–H groups in total. The van der Waals surface area contributed by atoms with E-state index in [1.165, 1.54) is 12.1 Å². The number of aromatic amines is 1. The predicted molar refractivity (Wildman–Crippen MR) is 133 cm³/mol. The average molecular weight is 481 g/mol. The molecule has 0 fully saturated rings. The van der Waals surface area contributed by atoms with Crippen LogP contribution in [-0.2, 0) is 27.2 Å². The van der Waals surface area contributed by atoms with Gasteiger partial charge in [0.25, 0.3) is 0 Å². The van der Waals surface area contributed by atoms with Crippen LogP contribution in [0.2, 0.25) is 0 Å². The molecule has 1 heterocycles. The molecule has 0 unspecified atom stereocenters. The van der Waals surface area contributed by atoms with Crippen molar-refractivity contribution in [1.82, 2.24) is 15.6 Å². The van der Waals surface area contributed by atoms with Crippen LogP contribution in [0, 0.1) is 5.92 Å². The Bertz CT molecular complexity index is 1170. The standard InChI is InChI=1S/C26H32N4O5/c1-3-15(2)23(27)25(33)29-21(12-16-8-10-18(31)11-9-16)24(32)30-22(26(34)35)13-17-14-28-20-7-5-4-6-19(17)20/h4-11,14-15,21-23,28,31H,3,12-13,27H2,1-2H3,(H,29,33)(H,30,32)(H,34,35)/t15-,21-,22-,23-/m0/s1. The SMILES string of the molecule is CC[C@H](C)[C@H](N)C(=O)N[C@@H](Cc1ccc(O)cc1)C(=O)N[C@@H](Cc1c[nH]c2ccccc12)C(=O)O. The quantitative estimate of drug-likeness (QED) is 0.247. The van der Waals surface area contributed by atoms with Gasteiger partial charge in [-0.1, -0.05) is 50.6 Å². The molecule has 0 saturated carbocycles. The number of aromatic nitrogens is 1. The summed E-state index contributed by atoms with van der Waals surface area (Å²) in [6.07, 6.45) is 2.59. The number of nitrogens with one attached hydrogen (secondary N) is 3. The van der Waals surface area contributed by atoms with E-state index in [1.54, 1.807) is 18.3 Å². The number of para-hydroxylation sites is 1. The van der Waals surface area contributed by atoms with Gasteiger partial charge in [0.15, 0.2) is 0 Å². The molecule has 186 valence electrons. The zero-order valence-electron chi connectivity index (χ0n) is 19.8. The Morgan fingerprint density at radius 1 is 0.971 bits per heavy atom. The summed E-state index contributed by atoms with van der Waals surface area (Å²) in [5.41, 5.74) is 8.36. The van der Waals surface area contributed by atoms with Crippen molar-refractivity contribution < 1.29 is 24.6 Å². The molecule has 0 spiro atoms. The number of amides is 2. The van der Waals surface area contributed by atoms with E-state index >= 15 is 0 Å². The van der Waals surface area contributed by atoms with E-state index in [2.05, 4.69) is 15.6 Å². The van der Waals surface area contributed by atoms with E-state index in [0.29, 0.717) is 12.0 Å². The molecule has 0 aliphatic carbocycles. The number of phenolic OH excluding ortho intramolecular Hbond substituents is 1. The van der Waals surface area contributed by atoms with E-state index < -0.39 is 35.9 Å². The van der Waals surface area contributed by atoms with Gasteiger partial charge < -0.3 is 31.6 Å². The first kappa shape index (κ1) is 25.8. The van der Waals surface area contributed by atoms with Crippen molar-refractivity contribution in [3.05, 3.63) is 65.9 Å². The van der Waals surface area contributed by atoms with E-state index in [-0.39, 0.29) is 24.5 Å². The molecule has 0 bridgehead atoms. The first-order chi connectivity index (χ1) is 16.7. The van der Waals surface area contributed by atoms with Gasteiger partial charge in [0.1, 0.15) is 17.8 Å². The lowest BCUT2D eigenvalue weighted by Gasteiger charge is -2.24. The zero-order chi connectivity index (χ0) is 25.5. The topological polar surface area (TPSA) is 158 Å². The number of carbonyl (C=O) groups is 3. The van der Waals surface area contributed by atoms with Crippen molar-refractivity contribution in [2.24, 2.45) is 11.7 Å². The number of carboxylic acids is 1. The molecule has 2 aromatic carbocycles. The number of benzene rings is 2. The van der Waals surface area contributed by atoms with Gasteiger partial charge in [0.2, 0.25) is 11.8 Å². The van der Waals surface area contributed by atoms with E-state index in [4.69, 9.17) is 5.73 Å². The molecule has 9 heteroatoms. The third-order valence-corrected chi connectivity index (χ3v) is 6.28.